The van der Waals surface area contributed by atoms with Crippen LogP contribution >= 0.6 is 11.6 Å². The van der Waals surface area contributed by atoms with E-state index in [1.165, 1.54) is 38.9 Å². The maximum atomic E-state index is 12.6. The van der Waals surface area contributed by atoms with Crippen LogP contribution in [-0.2, 0) is 38.1 Å². The number of unbranched alkanes of at least 4 members (excludes halogenated alkanes) is 2. The molecule has 0 bridgehead atoms. The average molecular weight is 907 g/mol. The molecule has 0 fully saturated rings. The van der Waals surface area contributed by atoms with Crippen molar-refractivity contribution in [1.82, 2.24) is 31.6 Å². The summed E-state index contributed by atoms with van der Waals surface area (Å²) in [5, 5.41) is 16.4. The molecule has 2 aromatic heterocycles. The molecule has 0 radical (unpaired) electrons. The molecule has 2 aromatic rings. The monoisotopic (exact) mass is 906 g/mol. The van der Waals surface area contributed by atoms with Crippen LogP contribution in [-0.4, -0.2) is 120 Å². The summed E-state index contributed by atoms with van der Waals surface area (Å²) in [4.78, 5) is 82.2. The highest BCUT2D eigenvalue weighted by molar-refractivity contribution is 6.28. The number of halogens is 1. The Morgan fingerprint density at radius 3 is 1.48 bits per heavy atom. The second-order valence-electron chi connectivity index (χ2n) is 16.4. The highest BCUT2D eigenvalue weighted by Crippen LogP contribution is 2.13. The minimum absolute atomic E-state index is 0. The molecule has 62 heavy (non-hydrogen) atoms. The number of amides is 4. The molecule has 2 atom stereocenters. The van der Waals surface area contributed by atoms with Crippen LogP contribution in [0.3, 0.4) is 0 Å². The Morgan fingerprint density at radius 2 is 1.16 bits per heavy atom. The first-order chi connectivity index (χ1) is 28.3. The van der Waals surface area contributed by atoms with E-state index in [1.54, 1.807) is 69.2 Å². The third kappa shape index (κ3) is 27.8. The van der Waals surface area contributed by atoms with Gasteiger partial charge in [-0.15, -0.1) is 11.6 Å². The smallest absolute Gasteiger partial charge is 0.407 e. The molecule has 0 aliphatic carbocycles. The molecule has 356 valence electrons. The van der Waals surface area contributed by atoms with Crippen molar-refractivity contribution in [2.45, 2.75) is 150 Å². The van der Waals surface area contributed by atoms with Gasteiger partial charge in [0.1, 0.15) is 34.9 Å². The first-order valence-corrected chi connectivity index (χ1v) is 20.2. The molecule has 2 rings (SSSR count). The van der Waals surface area contributed by atoms with Crippen molar-refractivity contribution in [2.75, 3.05) is 39.8 Å². The molecule has 0 unspecified atom stereocenters. The van der Waals surface area contributed by atoms with Crippen molar-refractivity contribution in [3.8, 4) is 5.88 Å². The molecule has 0 saturated carbocycles. The predicted molar refractivity (Wildman–Crippen MR) is 231 cm³/mol. The number of alkyl carbamates (subject to hydrolysis) is 2. The number of hydrogen-bond acceptors (Lipinski definition) is 15. The molecular weight excluding hydrogens is 836 g/mol. The highest BCUT2D eigenvalue weighted by atomic mass is 35.5. The molecular formula is C41H71ClN6O14. The number of Topliss-reactive ketones (excluding diaryl/α,β-unsaturated/α-hetero) is 2. The van der Waals surface area contributed by atoms with Crippen LogP contribution in [0.25, 0.3) is 0 Å². The van der Waals surface area contributed by atoms with Crippen LogP contribution in [0, 0.1) is 0 Å². The summed E-state index contributed by atoms with van der Waals surface area (Å²) in [6.45, 7) is 17.7. The van der Waals surface area contributed by atoms with Gasteiger partial charge in [-0.25, -0.2) is 9.59 Å². The first kappa shape index (κ1) is 59.1. The quantitative estimate of drug-likeness (QED) is 0.0748. The number of nitrogens with one attached hydrogen (secondary N) is 5. The Labute approximate surface area is 369 Å². The van der Waals surface area contributed by atoms with Crippen LogP contribution in [0.2, 0.25) is 0 Å². The number of H-pyrrole nitrogens is 1. The van der Waals surface area contributed by atoms with Gasteiger partial charge in [0.25, 0.3) is 23.3 Å². The lowest BCUT2D eigenvalue weighted by atomic mass is 10.0. The van der Waals surface area contributed by atoms with Crippen LogP contribution in [0.4, 0.5) is 9.59 Å². The number of hydrogen-bond donors (Lipinski definition) is 5. The van der Waals surface area contributed by atoms with E-state index in [9.17, 15) is 33.6 Å². The van der Waals surface area contributed by atoms with E-state index in [0.717, 1.165) is 0 Å². The van der Waals surface area contributed by atoms with Crippen LogP contribution in [0.5, 0.6) is 5.88 Å². The predicted octanol–water partition coefficient (Wildman–Crippen LogP) is 5.23. The summed E-state index contributed by atoms with van der Waals surface area (Å²) < 4.78 is 34.8. The normalized spacial score (nSPS) is 12.3. The number of ether oxygens (including phenoxy) is 5. The van der Waals surface area contributed by atoms with E-state index in [2.05, 4.69) is 40.6 Å². The van der Waals surface area contributed by atoms with E-state index in [0.29, 0.717) is 51.6 Å². The molecule has 0 aliphatic rings. The lowest BCUT2D eigenvalue weighted by Gasteiger charge is -2.25. The first-order valence-electron chi connectivity index (χ1n) is 19.7. The van der Waals surface area contributed by atoms with Gasteiger partial charge in [-0.1, -0.05) is 7.43 Å². The number of nitrogens with zero attached hydrogens (tertiary/aromatic N) is 1. The van der Waals surface area contributed by atoms with Gasteiger partial charge in [0.05, 0.1) is 18.0 Å². The fourth-order valence-corrected chi connectivity index (χ4v) is 4.46. The maximum absolute atomic E-state index is 12.6. The highest BCUT2D eigenvalue weighted by Gasteiger charge is 2.32. The molecule has 21 heteroatoms. The standard InChI is InChI=1S/C20H33N3O7.C17H31ClN2O5.C3H3NO2.CH4/c1-19(2,3)30-18(26)21-11-8-7-9-14(22-17(25)20(4,5)27-6)15(24)13-28-16-10-12-29-23-16;1-16(2,3)25-15(23)19-10-8-7-9-12(13(21)11-18)20-14(22)17(4,5)24-6;5-3-1-2-6-4-3;/h10,12,14H,7-9,11,13H2,1-6H3,(H,21,26)(H,22,25);12H,7-11H2,1-6H3,(H,19,23)(H,20,22);1-2H,(H,4,5);1H4/t14-;12-;;/m00../s1. The summed E-state index contributed by atoms with van der Waals surface area (Å²) in [6.07, 6.45) is 4.95. The molecule has 4 amide bonds. The van der Waals surface area contributed by atoms with Crippen molar-refractivity contribution >= 4 is 47.2 Å². The van der Waals surface area contributed by atoms with Gasteiger partial charge in [-0.05, 0) is 113 Å². The summed E-state index contributed by atoms with van der Waals surface area (Å²) in [7, 11) is 2.85. The second kappa shape index (κ2) is 29.4. The van der Waals surface area contributed by atoms with Crippen molar-refractivity contribution in [3.05, 3.63) is 35.0 Å². The molecule has 0 aromatic carbocycles. The zero-order valence-corrected chi connectivity index (χ0v) is 38.3. The third-order valence-electron chi connectivity index (χ3n) is 8.03. The summed E-state index contributed by atoms with van der Waals surface area (Å²) >= 11 is 5.62. The molecule has 0 saturated heterocycles. The Morgan fingerprint density at radius 1 is 0.710 bits per heavy atom. The largest absolute Gasteiger partial charge is 0.467 e. The molecule has 5 N–H and O–H groups in total. The average Bonchev–Trinajstić information content (AvgIpc) is 3.88. The van der Waals surface area contributed by atoms with Gasteiger partial charge in [0.15, 0.2) is 18.2 Å². The fourth-order valence-electron chi connectivity index (χ4n) is 4.27. The molecule has 2 heterocycles. The molecule has 0 spiro atoms. The minimum atomic E-state index is -1.08. The Kier molecular flexibility index (Phi) is 28.0. The van der Waals surface area contributed by atoms with Gasteiger partial charge in [0.2, 0.25) is 0 Å². The number of alkyl halides is 1. The van der Waals surface area contributed by atoms with E-state index >= 15 is 0 Å². The van der Waals surface area contributed by atoms with Gasteiger partial charge < -0.3 is 54.0 Å². The van der Waals surface area contributed by atoms with Gasteiger partial charge >= 0.3 is 12.2 Å². The van der Waals surface area contributed by atoms with Crippen molar-refractivity contribution in [1.29, 1.82) is 0 Å². The topological polar surface area (TPSA) is 269 Å². The number of carbonyl (C=O) groups excluding carboxylic acids is 6. The van der Waals surface area contributed by atoms with E-state index < -0.39 is 52.6 Å². The van der Waals surface area contributed by atoms with Crippen LogP contribution < -0.4 is 31.6 Å². The SMILES string of the molecule is C.COC(C)(C)C(=O)N[C@@H](CCCCNC(=O)OC(C)(C)C)C(=O)CCl.COC(C)(C)C(=O)N[C@@H](CCCCNC(=O)OC(C)(C)C)C(=O)COc1ccon1.O=c1cco[nH]1. The number of ketones is 2. The number of aromatic nitrogens is 2. The third-order valence-corrected chi connectivity index (χ3v) is 8.30. The molecule has 20 nitrogen and oxygen atoms in total. The lowest BCUT2D eigenvalue weighted by molar-refractivity contribution is -0.142. The minimum Gasteiger partial charge on any atom is -0.467 e. The number of rotatable bonds is 22. The number of aromatic amines is 1. The number of carbonyl (C=O) groups is 6. The van der Waals surface area contributed by atoms with E-state index in [4.69, 9.17) is 35.3 Å². The lowest BCUT2D eigenvalue weighted by Crippen LogP contribution is -2.51. The number of methoxy groups -OCH3 is 2. The Bertz CT molecular complexity index is 1650. The van der Waals surface area contributed by atoms with E-state index in [-0.39, 0.29) is 48.8 Å². The van der Waals surface area contributed by atoms with Crippen molar-refractivity contribution in [2.24, 2.45) is 0 Å². The fraction of sp³-hybridized carbons (Fsp3) is 0.707. The Balaban J connectivity index is 0. The van der Waals surface area contributed by atoms with Crippen LogP contribution in [0.1, 0.15) is 115 Å². The summed E-state index contributed by atoms with van der Waals surface area (Å²) in [5.41, 5.74) is -3.41. The Hall–Kier alpha value is -4.95. The summed E-state index contributed by atoms with van der Waals surface area (Å²) in [5.74, 6) is -1.32. The van der Waals surface area contributed by atoms with Gasteiger partial charge in [-0.3, -0.25) is 24.0 Å². The van der Waals surface area contributed by atoms with Crippen molar-refractivity contribution in [3.63, 3.8) is 0 Å². The van der Waals surface area contributed by atoms with Crippen LogP contribution in [0.15, 0.2) is 38.5 Å². The van der Waals surface area contributed by atoms with Crippen molar-refractivity contribution < 1.29 is 61.5 Å². The maximum Gasteiger partial charge on any atom is 0.407 e. The van der Waals surface area contributed by atoms with Gasteiger partial charge in [-0.2, -0.15) is 5.16 Å². The zero-order valence-electron chi connectivity index (χ0n) is 37.6. The summed E-state index contributed by atoms with van der Waals surface area (Å²) in [6, 6.07) is 1.36. The zero-order chi connectivity index (χ0) is 46.9. The van der Waals surface area contributed by atoms with Gasteiger partial charge in [0, 0.05) is 39.4 Å². The second-order valence-corrected chi connectivity index (χ2v) is 16.7. The molecule has 0 aliphatic heterocycles. The van der Waals surface area contributed by atoms with E-state index in [1.807, 2.05) is 0 Å².